The van der Waals surface area contributed by atoms with Gasteiger partial charge in [-0.05, 0) is 18.1 Å². The third-order valence-electron chi connectivity index (χ3n) is 2.24. The van der Waals surface area contributed by atoms with E-state index < -0.39 is 0 Å². The number of benzene rings is 1. The minimum Gasteiger partial charge on any atom is -0.493 e. The maximum absolute atomic E-state index is 8.78. The van der Waals surface area contributed by atoms with Crippen LogP contribution in [-0.2, 0) is 0 Å². The first kappa shape index (κ1) is 12.4. The first-order valence-electron chi connectivity index (χ1n) is 5.15. The summed E-state index contributed by atoms with van der Waals surface area (Å²) in [6.45, 7) is 4.15. The molecule has 4 nitrogen and oxygen atoms in total. The van der Waals surface area contributed by atoms with Crippen LogP contribution in [0.25, 0.3) is 0 Å². The third kappa shape index (κ3) is 3.15. The molecule has 0 saturated heterocycles. The number of nitrogens with zero attached hydrogens (tertiary/aromatic N) is 1. The quantitative estimate of drug-likeness (QED) is 0.474. The van der Waals surface area contributed by atoms with Crippen molar-refractivity contribution >= 4 is 5.71 Å². The van der Waals surface area contributed by atoms with E-state index in [4.69, 9.17) is 14.7 Å². The molecule has 0 saturated carbocycles. The number of para-hydroxylation sites is 2. The molecule has 1 rings (SSSR count). The summed E-state index contributed by atoms with van der Waals surface area (Å²) < 4.78 is 10.7. The largest absolute Gasteiger partial charge is 0.493 e. The average molecular weight is 223 g/mol. The number of methoxy groups -OCH3 is 1. The van der Waals surface area contributed by atoms with Crippen LogP contribution in [0.5, 0.6) is 11.5 Å². The van der Waals surface area contributed by atoms with Crippen molar-refractivity contribution in [2.75, 3.05) is 13.7 Å². The molecule has 0 bridgehead atoms. The van der Waals surface area contributed by atoms with Gasteiger partial charge in [0.1, 0.15) is 6.61 Å². The average Bonchev–Trinajstić information content (AvgIpc) is 2.30. The van der Waals surface area contributed by atoms with E-state index in [0.717, 1.165) is 0 Å². The van der Waals surface area contributed by atoms with E-state index in [2.05, 4.69) is 5.16 Å². The second-order valence-electron chi connectivity index (χ2n) is 3.69. The molecule has 0 fully saturated rings. The summed E-state index contributed by atoms with van der Waals surface area (Å²) in [6.07, 6.45) is 0. The van der Waals surface area contributed by atoms with Crippen LogP contribution in [0.3, 0.4) is 0 Å². The van der Waals surface area contributed by atoms with Gasteiger partial charge in [-0.1, -0.05) is 31.1 Å². The molecule has 4 heteroatoms. The molecular weight excluding hydrogens is 206 g/mol. The zero-order valence-corrected chi connectivity index (χ0v) is 9.80. The van der Waals surface area contributed by atoms with Gasteiger partial charge in [0.15, 0.2) is 11.5 Å². The monoisotopic (exact) mass is 223 g/mol. The number of hydrogen-bond donors (Lipinski definition) is 1. The highest BCUT2D eigenvalue weighted by atomic mass is 16.5. The molecule has 0 unspecified atom stereocenters. The minimum absolute atomic E-state index is 0.153. The Morgan fingerprint density at radius 2 is 1.94 bits per heavy atom. The van der Waals surface area contributed by atoms with E-state index >= 15 is 0 Å². The van der Waals surface area contributed by atoms with Crippen LogP contribution in [0.15, 0.2) is 29.4 Å². The molecule has 88 valence electrons. The second-order valence-corrected chi connectivity index (χ2v) is 3.69. The van der Waals surface area contributed by atoms with Crippen molar-refractivity contribution in [1.29, 1.82) is 0 Å². The summed E-state index contributed by atoms with van der Waals surface area (Å²) in [5.41, 5.74) is 0.603. The van der Waals surface area contributed by atoms with Gasteiger partial charge in [-0.15, -0.1) is 0 Å². The van der Waals surface area contributed by atoms with Crippen LogP contribution in [0.2, 0.25) is 0 Å². The molecule has 0 aromatic heterocycles. The number of rotatable bonds is 5. The number of ether oxygens (including phenoxy) is 2. The Hall–Kier alpha value is -1.71. The van der Waals surface area contributed by atoms with Gasteiger partial charge >= 0.3 is 0 Å². The first-order valence-corrected chi connectivity index (χ1v) is 5.15. The molecule has 16 heavy (non-hydrogen) atoms. The Labute approximate surface area is 95.5 Å². The summed E-state index contributed by atoms with van der Waals surface area (Å²) in [4.78, 5) is 0. The van der Waals surface area contributed by atoms with Crippen LogP contribution in [0, 0.1) is 5.92 Å². The topological polar surface area (TPSA) is 51.0 Å². The summed E-state index contributed by atoms with van der Waals surface area (Å²) >= 11 is 0. The smallest absolute Gasteiger partial charge is 0.161 e. The maximum Gasteiger partial charge on any atom is 0.161 e. The van der Waals surface area contributed by atoms with Gasteiger partial charge in [0.2, 0.25) is 0 Å². The fourth-order valence-corrected chi connectivity index (χ4v) is 1.20. The van der Waals surface area contributed by atoms with Crippen molar-refractivity contribution in [3.05, 3.63) is 24.3 Å². The highest BCUT2D eigenvalue weighted by Gasteiger charge is 2.09. The summed E-state index contributed by atoms with van der Waals surface area (Å²) in [5, 5.41) is 12.0. The Morgan fingerprint density at radius 3 is 2.44 bits per heavy atom. The van der Waals surface area contributed by atoms with Gasteiger partial charge in [0.25, 0.3) is 0 Å². The van der Waals surface area contributed by atoms with Gasteiger partial charge in [0.05, 0.1) is 12.8 Å². The van der Waals surface area contributed by atoms with Crippen molar-refractivity contribution in [3.8, 4) is 11.5 Å². The zero-order valence-electron chi connectivity index (χ0n) is 9.80. The SMILES string of the molecule is COc1ccccc1OC/C(=N/O)C(C)C. The fraction of sp³-hybridized carbons (Fsp3) is 0.417. The molecule has 0 spiro atoms. The lowest BCUT2D eigenvalue weighted by Crippen LogP contribution is -2.17. The van der Waals surface area contributed by atoms with Crippen LogP contribution in [0.1, 0.15) is 13.8 Å². The summed E-state index contributed by atoms with van der Waals surface area (Å²) in [5.74, 6) is 1.47. The first-order chi connectivity index (χ1) is 7.69. The predicted molar refractivity (Wildman–Crippen MR) is 62.5 cm³/mol. The lowest BCUT2D eigenvalue weighted by molar-refractivity contribution is 0.296. The van der Waals surface area contributed by atoms with Gasteiger partial charge in [-0.3, -0.25) is 0 Å². The van der Waals surface area contributed by atoms with Crippen molar-refractivity contribution in [1.82, 2.24) is 0 Å². The molecule has 0 heterocycles. The van der Waals surface area contributed by atoms with Gasteiger partial charge < -0.3 is 14.7 Å². The molecule has 0 aliphatic heterocycles. The molecule has 0 radical (unpaired) electrons. The minimum atomic E-state index is 0.153. The Kier molecular flexibility index (Phi) is 4.64. The number of oxime groups is 1. The lowest BCUT2D eigenvalue weighted by atomic mass is 10.1. The van der Waals surface area contributed by atoms with Gasteiger partial charge in [0, 0.05) is 0 Å². The maximum atomic E-state index is 8.78. The number of hydrogen-bond acceptors (Lipinski definition) is 4. The summed E-state index contributed by atoms with van der Waals surface area (Å²) in [6, 6.07) is 7.37. The molecule has 0 aliphatic rings. The van der Waals surface area contributed by atoms with E-state index in [1.807, 2.05) is 38.1 Å². The van der Waals surface area contributed by atoms with Crippen molar-refractivity contribution in [2.45, 2.75) is 13.8 Å². The van der Waals surface area contributed by atoms with Gasteiger partial charge in [-0.25, -0.2) is 0 Å². The van der Waals surface area contributed by atoms with E-state index in [1.54, 1.807) is 7.11 Å². The molecule has 0 aliphatic carbocycles. The van der Waals surface area contributed by atoms with E-state index in [9.17, 15) is 0 Å². The van der Waals surface area contributed by atoms with Crippen molar-refractivity contribution in [3.63, 3.8) is 0 Å². The Bertz CT molecular complexity index is 361. The Balaban J connectivity index is 2.67. The molecular formula is C12H17NO3. The third-order valence-corrected chi connectivity index (χ3v) is 2.24. The van der Waals surface area contributed by atoms with Crippen LogP contribution >= 0.6 is 0 Å². The van der Waals surface area contributed by atoms with Crippen molar-refractivity contribution < 1.29 is 14.7 Å². The van der Waals surface area contributed by atoms with Crippen LogP contribution in [-0.4, -0.2) is 24.6 Å². The highest BCUT2D eigenvalue weighted by Crippen LogP contribution is 2.25. The van der Waals surface area contributed by atoms with E-state index in [-0.39, 0.29) is 12.5 Å². The second kappa shape index (κ2) is 6.00. The van der Waals surface area contributed by atoms with E-state index in [1.165, 1.54) is 0 Å². The molecule has 1 aromatic rings. The lowest BCUT2D eigenvalue weighted by Gasteiger charge is -2.12. The van der Waals surface area contributed by atoms with E-state index in [0.29, 0.717) is 17.2 Å². The normalized spacial score (nSPS) is 11.6. The summed E-state index contributed by atoms with van der Waals surface area (Å²) in [7, 11) is 1.59. The molecule has 1 N–H and O–H groups in total. The molecule has 0 amide bonds. The molecule has 1 aromatic carbocycles. The van der Waals surface area contributed by atoms with Crippen LogP contribution < -0.4 is 9.47 Å². The Morgan fingerprint density at radius 1 is 1.31 bits per heavy atom. The fourth-order valence-electron chi connectivity index (χ4n) is 1.20. The molecule has 0 atom stereocenters. The van der Waals surface area contributed by atoms with Crippen LogP contribution in [0.4, 0.5) is 0 Å². The van der Waals surface area contributed by atoms with Crippen molar-refractivity contribution in [2.24, 2.45) is 11.1 Å². The predicted octanol–water partition coefficient (Wildman–Crippen LogP) is 2.56. The zero-order chi connectivity index (χ0) is 12.0. The standard InChI is InChI=1S/C12H17NO3/c1-9(2)10(13-14)8-16-12-7-5-4-6-11(12)15-3/h4-7,9,14H,8H2,1-3H3/b13-10-. The van der Waals surface area contributed by atoms with Gasteiger partial charge in [-0.2, -0.15) is 0 Å². The highest BCUT2D eigenvalue weighted by molar-refractivity contribution is 5.87.